The normalized spacial score (nSPS) is 12.2. The molecule has 19 heavy (non-hydrogen) atoms. The van der Waals surface area contributed by atoms with Crippen molar-refractivity contribution >= 4 is 5.97 Å². The van der Waals surface area contributed by atoms with Crippen molar-refractivity contribution in [2.24, 2.45) is 0 Å². The highest BCUT2D eigenvalue weighted by Crippen LogP contribution is 2.23. The van der Waals surface area contributed by atoms with Crippen molar-refractivity contribution in [2.75, 3.05) is 7.11 Å². The minimum absolute atomic E-state index is 0.194. The Balaban J connectivity index is 2.39. The Labute approximate surface area is 113 Å². The maximum atomic E-state index is 11.6. The molecular weight excluding hydrogens is 238 g/mol. The number of ether oxygens (including phenoxy) is 1. The molecule has 1 atom stereocenters. The summed E-state index contributed by atoms with van der Waals surface area (Å²) in [4.78, 5) is 11.6. The molecule has 0 spiro atoms. The topological polar surface area (TPSA) is 31.2 Å². The molecule has 0 aliphatic heterocycles. The summed E-state index contributed by atoms with van der Waals surface area (Å²) in [6.45, 7) is 6.32. The van der Waals surface area contributed by atoms with Crippen molar-refractivity contribution < 1.29 is 9.53 Å². The van der Waals surface area contributed by atoms with Crippen LogP contribution in [0.2, 0.25) is 0 Å². The van der Waals surface area contributed by atoms with Crippen molar-refractivity contribution in [3.05, 3.63) is 58.9 Å². The fourth-order valence-corrected chi connectivity index (χ4v) is 2.48. The van der Waals surface area contributed by atoms with Crippen LogP contribution in [0, 0.1) is 13.8 Å². The number of esters is 1. The average molecular weight is 257 g/mol. The molecule has 1 aromatic carbocycles. The van der Waals surface area contributed by atoms with Gasteiger partial charge in [0.25, 0.3) is 0 Å². The van der Waals surface area contributed by atoms with E-state index in [1.165, 1.54) is 18.5 Å². The summed E-state index contributed by atoms with van der Waals surface area (Å²) in [5.41, 5.74) is 4.13. The first-order valence-corrected chi connectivity index (χ1v) is 6.37. The predicted molar refractivity (Wildman–Crippen MR) is 75.5 cm³/mol. The van der Waals surface area contributed by atoms with Gasteiger partial charge in [0.15, 0.2) is 0 Å². The van der Waals surface area contributed by atoms with E-state index < -0.39 is 0 Å². The summed E-state index contributed by atoms with van der Waals surface area (Å²) in [6.07, 6.45) is 0. The van der Waals surface area contributed by atoms with Gasteiger partial charge in [0.05, 0.1) is 18.7 Å². The summed E-state index contributed by atoms with van der Waals surface area (Å²) in [5, 5.41) is 0. The van der Waals surface area contributed by atoms with Crippen LogP contribution in [0.15, 0.2) is 36.4 Å². The third-order valence-electron chi connectivity index (χ3n) is 3.50. The van der Waals surface area contributed by atoms with E-state index in [9.17, 15) is 4.79 Å². The molecule has 3 nitrogen and oxygen atoms in total. The summed E-state index contributed by atoms with van der Waals surface area (Å²) in [6, 6.07) is 12.0. The molecule has 0 N–H and O–H groups in total. The van der Waals surface area contributed by atoms with Crippen LogP contribution >= 0.6 is 0 Å². The molecule has 0 amide bonds. The van der Waals surface area contributed by atoms with Gasteiger partial charge in [0, 0.05) is 11.4 Å². The summed E-state index contributed by atoms with van der Waals surface area (Å²) in [5.74, 6) is -0.296. The molecule has 0 saturated carbocycles. The lowest BCUT2D eigenvalue weighted by Gasteiger charge is -2.19. The Hall–Kier alpha value is -2.03. The van der Waals surface area contributed by atoms with Gasteiger partial charge in [-0.15, -0.1) is 0 Å². The van der Waals surface area contributed by atoms with Crippen molar-refractivity contribution in [1.29, 1.82) is 0 Å². The molecule has 1 heterocycles. The van der Waals surface area contributed by atoms with Crippen LogP contribution in [-0.2, 0) is 4.74 Å². The second kappa shape index (κ2) is 5.31. The Morgan fingerprint density at radius 1 is 1.16 bits per heavy atom. The number of aryl methyl sites for hydroxylation is 2. The Kier molecular flexibility index (Phi) is 3.74. The number of carbonyl (C=O) groups is 1. The molecular formula is C16H19NO2. The second-order valence-corrected chi connectivity index (χ2v) is 4.78. The molecule has 0 bridgehead atoms. The lowest BCUT2D eigenvalue weighted by atomic mass is 10.0. The van der Waals surface area contributed by atoms with Crippen molar-refractivity contribution in [3.8, 4) is 0 Å². The Morgan fingerprint density at radius 3 is 2.37 bits per heavy atom. The van der Waals surface area contributed by atoms with Crippen LogP contribution in [0.25, 0.3) is 0 Å². The van der Waals surface area contributed by atoms with Gasteiger partial charge in [-0.2, -0.15) is 0 Å². The van der Waals surface area contributed by atoms with Gasteiger partial charge in [-0.05, 0) is 50.6 Å². The smallest absolute Gasteiger partial charge is 0.337 e. The van der Waals surface area contributed by atoms with Gasteiger partial charge < -0.3 is 9.30 Å². The van der Waals surface area contributed by atoms with Gasteiger partial charge in [-0.3, -0.25) is 0 Å². The second-order valence-electron chi connectivity index (χ2n) is 4.78. The maximum Gasteiger partial charge on any atom is 0.337 e. The van der Waals surface area contributed by atoms with Crippen molar-refractivity contribution in [3.63, 3.8) is 0 Å². The molecule has 100 valence electrons. The zero-order chi connectivity index (χ0) is 14.0. The standard InChI is InChI=1S/C16H19NO2/c1-11-8-9-12(2)17(11)13(3)14-6-5-7-15(10-14)16(18)19-4/h5-10,13H,1-4H3/t13-/m1/s1. The van der Waals surface area contributed by atoms with E-state index in [2.05, 4.69) is 37.5 Å². The zero-order valence-corrected chi connectivity index (χ0v) is 11.8. The molecule has 2 aromatic rings. The predicted octanol–water partition coefficient (Wildman–Crippen LogP) is 3.50. The number of hydrogen-bond acceptors (Lipinski definition) is 2. The third-order valence-corrected chi connectivity index (χ3v) is 3.50. The molecule has 0 aliphatic carbocycles. The van der Waals surface area contributed by atoms with E-state index in [0.717, 1.165) is 5.56 Å². The third kappa shape index (κ3) is 2.55. The molecule has 0 aliphatic rings. The minimum atomic E-state index is -0.296. The van der Waals surface area contributed by atoms with Gasteiger partial charge in [0.1, 0.15) is 0 Å². The monoisotopic (exact) mass is 257 g/mol. The number of aromatic nitrogens is 1. The van der Waals surface area contributed by atoms with Gasteiger partial charge in [-0.1, -0.05) is 12.1 Å². The zero-order valence-electron chi connectivity index (χ0n) is 11.8. The molecule has 3 heteroatoms. The molecule has 0 fully saturated rings. The number of methoxy groups -OCH3 is 1. The molecule has 0 radical (unpaired) electrons. The van der Waals surface area contributed by atoms with Crippen LogP contribution in [0.1, 0.15) is 40.3 Å². The summed E-state index contributed by atoms with van der Waals surface area (Å²) < 4.78 is 7.02. The van der Waals surface area contributed by atoms with E-state index >= 15 is 0 Å². The summed E-state index contributed by atoms with van der Waals surface area (Å²) >= 11 is 0. The molecule has 0 saturated heterocycles. The first-order valence-electron chi connectivity index (χ1n) is 6.37. The van der Waals surface area contributed by atoms with Gasteiger partial charge in [-0.25, -0.2) is 4.79 Å². The average Bonchev–Trinajstić information content (AvgIpc) is 2.76. The highest BCUT2D eigenvalue weighted by Gasteiger charge is 2.14. The highest BCUT2D eigenvalue weighted by molar-refractivity contribution is 5.89. The van der Waals surface area contributed by atoms with Crippen LogP contribution in [-0.4, -0.2) is 17.6 Å². The first kappa shape index (κ1) is 13.4. The van der Waals surface area contributed by atoms with Crippen molar-refractivity contribution in [1.82, 2.24) is 4.57 Å². The number of benzene rings is 1. The Bertz CT molecular complexity index is 579. The quantitative estimate of drug-likeness (QED) is 0.788. The first-order chi connectivity index (χ1) is 9.04. The van der Waals surface area contributed by atoms with Crippen LogP contribution in [0.5, 0.6) is 0 Å². The molecule has 0 unspecified atom stereocenters. The van der Waals surface area contributed by atoms with Crippen molar-refractivity contribution in [2.45, 2.75) is 26.8 Å². The van der Waals surface area contributed by atoms with E-state index in [0.29, 0.717) is 5.56 Å². The fourth-order valence-electron chi connectivity index (χ4n) is 2.48. The lowest BCUT2D eigenvalue weighted by molar-refractivity contribution is 0.0600. The number of rotatable bonds is 3. The fraction of sp³-hybridized carbons (Fsp3) is 0.312. The highest BCUT2D eigenvalue weighted by atomic mass is 16.5. The SMILES string of the molecule is COC(=O)c1cccc([C@@H](C)n2c(C)ccc2C)c1. The number of nitrogens with zero attached hydrogens (tertiary/aromatic N) is 1. The van der Waals surface area contributed by atoms with E-state index in [4.69, 9.17) is 4.74 Å². The Morgan fingerprint density at radius 2 is 1.79 bits per heavy atom. The van der Waals surface area contributed by atoms with E-state index in [-0.39, 0.29) is 12.0 Å². The van der Waals surface area contributed by atoms with Crippen LogP contribution in [0.4, 0.5) is 0 Å². The van der Waals surface area contributed by atoms with E-state index in [1.54, 1.807) is 6.07 Å². The van der Waals surface area contributed by atoms with E-state index in [1.807, 2.05) is 18.2 Å². The van der Waals surface area contributed by atoms with Crippen LogP contribution in [0.3, 0.4) is 0 Å². The number of carbonyl (C=O) groups excluding carboxylic acids is 1. The van der Waals surface area contributed by atoms with Crippen LogP contribution < -0.4 is 0 Å². The minimum Gasteiger partial charge on any atom is -0.465 e. The largest absolute Gasteiger partial charge is 0.465 e. The lowest BCUT2D eigenvalue weighted by Crippen LogP contribution is -2.11. The van der Waals surface area contributed by atoms with Gasteiger partial charge in [0.2, 0.25) is 0 Å². The summed E-state index contributed by atoms with van der Waals surface area (Å²) in [7, 11) is 1.40. The maximum absolute atomic E-state index is 11.6. The number of hydrogen-bond donors (Lipinski definition) is 0. The molecule has 1 aromatic heterocycles. The molecule has 2 rings (SSSR count). The van der Waals surface area contributed by atoms with Gasteiger partial charge >= 0.3 is 5.97 Å².